The van der Waals surface area contributed by atoms with Crippen molar-refractivity contribution in [3.8, 4) is 12.3 Å². The van der Waals surface area contributed by atoms with Crippen LogP contribution in [-0.4, -0.2) is 85.0 Å². The van der Waals surface area contributed by atoms with E-state index in [1.807, 2.05) is 13.8 Å². The number of nitrogens with zero attached hydrogens (tertiary/aromatic N) is 5. The fourth-order valence-electron chi connectivity index (χ4n) is 3.40. The van der Waals surface area contributed by atoms with Crippen LogP contribution in [0.5, 0.6) is 0 Å². The van der Waals surface area contributed by atoms with Gasteiger partial charge in [0.25, 0.3) is 0 Å². The van der Waals surface area contributed by atoms with Crippen molar-refractivity contribution in [2.75, 3.05) is 63.9 Å². The molecule has 1 aliphatic heterocycles. The maximum absolute atomic E-state index is 10.0. The van der Waals surface area contributed by atoms with Crippen LogP contribution in [0.25, 0.3) is 0 Å². The number of anilines is 2. The molecule has 2 heterocycles. The zero-order valence-electron chi connectivity index (χ0n) is 24.5. The normalized spacial score (nSPS) is 12.3. The zero-order valence-corrected chi connectivity index (χ0v) is 24.5. The monoisotopic (exact) mass is 555 g/mol. The zero-order chi connectivity index (χ0) is 29.8. The van der Waals surface area contributed by atoms with E-state index < -0.39 is 0 Å². The molecule has 2 rings (SSSR count). The van der Waals surface area contributed by atoms with Gasteiger partial charge in [-0.2, -0.15) is 0 Å². The first-order chi connectivity index (χ1) is 19.6. The number of nitrogen functional groups attached to an aromatic ring is 1. The SMILES string of the molecule is C#CCCC=C(/C=C\CCNCCN1C=CCC=C1)CN(CO)c1ncnc(N)c1CN=C.CC.COCCO. The van der Waals surface area contributed by atoms with Crippen molar-refractivity contribution in [1.82, 2.24) is 20.2 Å². The number of hydrogen-bond acceptors (Lipinski definition) is 10. The average Bonchev–Trinajstić information content (AvgIpc) is 2.98. The van der Waals surface area contributed by atoms with Gasteiger partial charge in [-0.1, -0.05) is 44.2 Å². The molecule has 40 heavy (non-hydrogen) atoms. The van der Waals surface area contributed by atoms with Gasteiger partial charge in [0, 0.05) is 33.2 Å². The van der Waals surface area contributed by atoms with Gasteiger partial charge >= 0.3 is 0 Å². The number of aliphatic hydroxyl groups is 2. The van der Waals surface area contributed by atoms with Crippen LogP contribution in [0.15, 0.2) is 59.7 Å². The summed E-state index contributed by atoms with van der Waals surface area (Å²) < 4.78 is 4.44. The van der Waals surface area contributed by atoms with Gasteiger partial charge in [-0.05, 0) is 50.5 Å². The highest BCUT2D eigenvalue weighted by molar-refractivity contribution is 5.57. The fourth-order valence-corrected chi connectivity index (χ4v) is 3.40. The molecule has 1 aromatic rings. The minimum absolute atomic E-state index is 0.122. The Morgan fingerprint density at radius 3 is 2.62 bits per heavy atom. The summed E-state index contributed by atoms with van der Waals surface area (Å²) >= 11 is 0. The van der Waals surface area contributed by atoms with Gasteiger partial charge in [-0.25, -0.2) is 9.97 Å². The van der Waals surface area contributed by atoms with Gasteiger partial charge in [-0.3, -0.25) is 4.99 Å². The molecule has 0 saturated heterocycles. The molecule has 0 saturated carbocycles. The molecule has 0 bridgehead atoms. The predicted octanol–water partition coefficient (Wildman–Crippen LogP) is 3.28. The first kappa shape index (κ1) is 36.5. The Kier molecular flexibility index (Phi) is 23.5. The highest BCUT2D eigenvalue weighted by Gasteiger charge is 2.16. The number of nitrogens with two attached hydrogens (primary N) is 1. The van der Waals surface area contributed by atoms with Crippen molar-refractivity contribution in [3.05, 3.63) is 60.2 Å². The average molecular weight is 556 g/mol. The van der Waals surface area contributed by atoms with Crippen LogP contribution in [0.1, 0.15) is 45.1 Å². The van der Waals surface area contributed by atoms with Crippen LogP contribution in [0.3, 0.4) is 0 Å². The topological polar surface area (TPSA) is 132 Å². The molecule has 0 spiro atoms. The number of hydrogen-bond donors (Lipinski definition) is 4. The Morgan fingerprint density at radius 2 is 2.02 bits per heavy atom. The van der Waals surface area contributed by atoms with Crippen LogP contribution >= 0.6 is 0 Å². The number of aliphatic imine (C=N–C) groups is 1. The van der Waals surface area contributed by atoms with Gasteiger partial charge in [-0.15, -0.1) is 12.3 Å². The largest absolute Gasteiger partial charge is 0.394 e. The first-order valence-electron chi connectivity index (χ1n) is 13.7. The summed E-state index contributed by atoms with van der Waals surface area (Å²) in [5, 5.41) is 21.4. The Balaban J connectivity index is 0.00000195. The van der Waals surface area contributed by atoms with Crippen LogP contribution in [-0.2, 0) is 11.3 Å². The Hall–Kier alpha value is -3.49. The number of terminal acetylenes is 1. The third-order valence-corrected chi connectivity index (χ3v) is 5.29. The lowest BCUT2D eigenvalue weighted by Crippen LogP contribution is -2.29. The summed E-state index contributed by atoms with van der Waals surface area (Å²) in [6.45, 7) is 11.4. The number of aromatic nitrogens is 2. The van der Waals surface area contributed by atoms with E-state index in [1.54, 1.807) is 12.0 Å². The van der Waals surface area contributed by atoms with Crippen molar-refractivity contribution < 1.29 is 14.9 Å². The van der Waals surface area contributed by atoms with E-state index in [9.17, 15) is 5.11 Å². The lowest BCUT2D eigenvalue weighted by Gasteiger charge is -2.24. The standard InChI is InChI=1S/C25H35N7O.C3H8O2.C2H6/c1-3-4-6-11-22(12-7-8-13-28-14-17-31-15-9-5-10-16-31)19-32(21-33)25-23(18-27-2)24(26)29-20-30-25;1-5-3-2-4;1-2/h1,7,9-12,15-16,20,28,33H,2,4-6,8,13-14,17-19,21H2,(H2,26,29,30);4H,2-3H2,1H3;1-2H3/b12-7-,22-11?;;. The molecule has 0 fully saturated rings. The lowest BCUT2D eigenvalue weighted by atomic mass is 10.1. The van der Waals surface area contributed by atoms with E-state index in [0.717, 1.165) is 44.5 Å². The second kappa shape index (κ2) is 25.8. The highest BCUT2D eigenvalue weighted by Crippen LogP contribution is 2.23. The molecule has 10 nitrogen and oxygen atoms in total. The lowest BCUT2D eigenvalue weighted by molar-refractivity contribution is 0.135. The number of methoxy groups -OCH3 is 1. The maximum atomic E-state index is 10.0. The second-order valence-electron chi connectivity index (χ2n) is 8.20. The van der Waals surface area contributed by atoms with E-state index in [2.05, 4.69) is 85.3 Å². The highest BCUT2D eigenvalue weighted by atomic mass is 16.5. The molecule has 0 amide bonds. The molecule has 0 aliphatic carbocycles. The summed E-state index contributed by atoms with van der Waals surface area (Å²) in [4.78, 5) is 16.2. The van der Waals surface area contributed by atoms with Crippen molar-refractivity contribution in [3.63, 3.8) is 0 Å². The van der Waals surface area contributed by atoms with Gasteiger partial charge in [0.15, 0.2) is 0 Å². The van der Waals surface area contributed by atoms with Crippen LogP contribution in [0, 0.1) is 12.3 Å². The fraction of sp³-hybridized carbons (Fsp3) is 0.500. The minimum atomic E-state index is -0.220. The molecular formula is C30H49N7O3. The summed E-state index contributed by atoms with van der Waals surface area (Å²) in [7, 11) is 1.55. The molecule has 5 N–H and O–H groups in total. The number of unbranched alkanes of at least 4 members (excludes halogenated alkanes) is 1. The van der Waals surface area contributed by atoms with Crippen LogP contribution in [0.4, 0.5) is 11.6 Å². The summed E-state index contributed by atoms with van der Waals surface area (Å²) in [5.74, 6) is 3.55. The van der Waals surface area contributed by atoms with E-state index in [-0.39, 0.29) is 19.9 Å². The number of ether oxygens (including phenoxy) is 1. The predicted molar refractivity (Wildman–Crippen MR) is 167 cm³/mol. The third-order valence-electron chi connectivity index (χ3n) is 5.29. The molecule has 1 aliphatic rings. The molecule has 10 heteroatoms. The molecule has 0 aromatic carbocycles. The van der Waals surface area contributed by atoms with E-state index in [0.29, 0.717) is 36.8 Å². The maximum Gasteiger partial charge on any atom is 0.141 e. The minimum Gasteiger partial charge on any atom is -0.394 e. The van der Waals surface area contributed by atoms with Gasteiger partial charge < -0.3 is 35.8 Å². The van der Waals surface area contributed by atoms with Gasteiger partial charge in [0.2, 0.25) is 0 Å². The van der Waals surface area contributed by atoms with E-state index >= 15 is 0 Å². The molecule has 0 atom stereocenters. The second-order valence-corrected chi connectivity index (χ2v) is 8.20. The smallest absolute Gasteiger partial charge is 0.141 e. The molecule has 0 unspecified atom stereocenters. The summed E-state index contributed by atoms with van der Waals surface area (Å²) in [5.41, 5.74) is 7.69. The van der Waals surface area contributed by atoms with E-state index in [1.165, 1.54) is 6.33 Å². The number of aliphatic hydroxyl groups excluding tert-OH is 2. The van der Waals surface area contributed by atoms with Gasteiger partial charge in [0.1, 0.15) is 24.7 Å². The Labute approximate surface area is 241 Å². The molecule has 0 radical (unpaired) electrons. The Morgan fingerprint density at radius 1 is 1.27 bits per heavy atom. The molecule has 222 valence electrons. The molecular weight excluding hydrogens is 506 g/mol. The van der Waals surface area contributed by atoms with Crippen molar-refractivity contribution in [2.24, 2.45) is 4.99 Å². The summed E-state index contributed by atoms with van der Waals surface area (Å²) in [6.07, 6.45) is 25.0. The first-order valence-corrected chi connectivity index (χ1v) is 13.7. The van der Waals surface area contributed by atoms with Crippen LogP contribution < -0.4 is 16.0 Å². The number of allylic oxidation sites excluding steroid dienone is 3. The Bertz CT molecular complexity index is 941. The van der Waals surface area contributed by atoms with E-state index in [4.69, 9.17) is 17.3 Å². The number of rotatable bonds is 17. The van der Waals surface area contributed by atoms with Gasteiger partial charge in [0.05, 0.1) is 25.3 Å². The van der Waals surface area contributed by atoms with Crippen molar-refractivity contribution >= 4 is 18.4 Å². The third kappa shape index (κ3) is 16.5. The summed E-state index contributed by atoms with van der Waals surface area (Å²) in [6, 6.07) is 0. The van der Waals surface area contributed by atoms with Crippen molar-refractivity contribution in [2.45, 2.75) is 46.1 Å². The quantitative estimate of drug-likeness (QED) is 0.0751. The van der Waals surface area contributed by atoms with Crippen LogP contribution in [0.2, 0.25) is 0 Å². The molecule has 1 aromatic heterocycles. The van der Waals surface area contributed by atoms with Crippen molar-refractivity contribution in [1.29, 1.82) is 0 Å². The number of nitrogens with one attached hydrogen (secondary N) is 1.